The Bertz CT molecular complexity index is 837. The van der Waals surface area contributed by atoms with Gasteiger partial charge in [-0.3, -0.25) is 20.1 Å². The number of amides is 3. The fourth-order valence-electron chi connectivity index (χ4n) is 2.58. The molecule has 0 aromatic heterocycles. The minimum absolute atomic E-state index is 0.0374. The van der Waals surface area contributed by atoms with Crippen LogP contribution in [0.1, 0.15) is 6.92 Å². The van der Waals surface area contributed by atoms with Gasteiger partial charge in [-0.05, 0) is 37.9 Å². The number of hydrogen-bond acceptors (Lipinski definition) is 5. The van der Waals surface area contributed by atoms with Crippen molar-refractivity contribution in [1.29, 1.82) is 0 Å². The van der Waals surface area contributed by atoms with Crippen LogP contribution >= 0.6 is 11.6 Å². The van der Waals surface area contributed by atoms with Crippen molar-refractivity contribution in [2.24, 2.45) is 10.8 Å². The molecule has 0 radical (unpaired) electrons. The van der Waals surface area contributed by atoms with Crippen LogP contribution in [0.2, 0.25) is 5.02 Å². The van der Waals surface area contributed by atoms with Gasteiger partial charge in [0.2, 0.25) is 0 Å². The highest BCUT2D eigenvalue weighted by Crippen LogP contribution is 2.25. The average molecular weight is 424 g/mol. The first-order valence-electron chi connectivity index (χ1n) is 8.81. The van der Waals surface area contributed by atoms with Crippen molar-refractivity contribution in [3.05, 3.63) is 52.5 Å². The third-order valence-corrected chi connectivity index (χ3v) is 4.56. The van der Waals surface area contributed by atoms with Crippen molar-refractivity contribution in [2.75, 3.05) is 37.7 Å². The largest absolute Gasteiger partial charge is 0.378 e. The lowest BCUT2D eigenvalue weighted by Gasteiger charge is -2.33. The zero-order valence-corrected chi connectivity index (χ0v) is 16.8. The lowest BCUT2D eigenvalue weighted by atomic mass is 10.2. The van der Waals surface area contributed by atoms with E-state index in [2.05, 4.69) is 11.7 Å². The molecule has 1 aliphatic rings. The molecule has 0 spiro atoms. The van der Waals surface area contributed by atoms with E-state index >= 15 is 0 Å². The van der Waals surface area contributed by atoms with Crippen LogP contribution in [0.4, 0.5) is 14.9 Å². The molecule has 8 nitrogen and oxygen atoms in total. The summed E-state index contributed by atoms with van der Waals surface area (Å²) in [5, 5.41) is -0.102. The van der Waals surface area contributed by atoms with Crippen LogP contribution in [0.3, 0.4) is 0 Å². The minimum atomic E-state index is -0.585. The number of anilines is 1. The normalized spacial score (nSPS) is 15.1. The molecule has 0 atom stereocenters. The predicted molar refractivity (Wildman–Crippen MR) is 110 cm³/mol. The van der Waals surface area contributed by atoms with Crippen molar-refractivity contribution in [3.8, 4) is 0 Å². The standard InChI is InChI=1S/C19H23ClFN5O3/c1-13(18(27)24-22)3-4-14(23-2)12-26(15-5-6-17(21)16(20)11-15)19(28)25-7-9-29-10-8-25/h3-6,11H,2,7-10,12,22H2,1H3,(H,24,27)/b13-3+,14-4-. The molecular formula is C19H23ClFN5O3. The minimum Gasteiger partial charge on any atom is -0.378 e. The van der Waals surface area contributed by atoms with E-state index < -0.39 is 11.7 Å². The number of ether oxygens (including phenoxy) is 1. The number of nitrogens with one attached hydrogen (secondary N) is 1. The second-order valence-corrected chi connectivity index (χ2v) is 6.61. The Labute approximate surface area is 173 Å². The number of nitrogens with zero attached hydrogens (tertiary/aromatic N) is 3. The molecular weight excluding hydrogens is 401 g/mol. The van der Waals surface area contributed by atoms with E-state index in [4.69, 9.17) is 22.2 Å². The summed E-state index contributed by atoms with van der Waals surface area (Å²) in [6, 6.07) is 3.73. The fourth-order valence-corrected chi connectivity index (χ4v) is 2.75. The number of hydrazine groups is 1. The maximum atomic E-state index is 13.6. The molecule has 1 aliphatic heterocycles. The van der Waals surface area contributed by atoms with E-state index in [1.807, 2.05) is 5.43 Å². The Hall–Kier alpha value is -2.75. The Morgan fingerprint density at radius 3 is 2.69 bits per heavy atom. The highest BCUT2D eigenvalue weighted by Gasteiger charge is 2.25. The average Bonchev–Trinajstić information content (AvgIpc) is 2.75. The van der Waals surface area contributed by atoms with E-state index in [1.165, 1.54) is 29.2 Å². The fraction of sp³-hybridized carbons (Fsp3) is 0.316. The van der Waals surface area contributed by atoms with Gasteiger partial charge in [-0.1, -0.05) is 17.7 Å². The molecule has 3 amide bonds. The number of benzene rings is 1. The van der Waals surface area contributed by atoms with Crippen LogP contribution in [0.15, 0.2) is 46.6 Å². The first kappa shape index (κ1) is 22.5. The number of urea groups is 1. The Kier molecular flexibility index (Phi) is 8.32. The van der Waals surface area contributed by atoms with E-state index in [9.17, 15) is 14.0 Å². The maximum Gasteiger partial charge on any atom is 0.325 e. The van der Waals surface area contributed by atoms with Crippen molar-refractivity contribution >= 4 is 35.9 Å². The van der Waals surface area contributed by atoms with Crippen molar-refractivity contribution in [2.45, 2.75) is 6.92 Å². The van der Waals surface area contributed by atoms with Gasteiger partial charge in [0.15, 0.2) is 0 Å². The van der Waals surface area contributed by atoms with Gasteiger partial charge >= 0.3 is 6.03 Å². The number of carbonyl (C=O) groups excluding carboxylic acids is 2. The summed E-state index contributed by atoms with van der Waals surface area (Å²) in [5.74, 6) is 4.08. The summed E-state index contributed by atoms with van der Waals surface area (Å²) in [7, 11) is 0. The second kappa shape index (κ2) is 10.7. The zero-order chi connectivity index (χ0) is 21.4. The Balaban J connectivity index is 2.34. The van der Waals surface area contributed by atoms with E-state index in [-0.39, 0.29) is 17.6 Å². The molecule has 10 heteroatoms. The number of morpholine rings is 1. The molecule has 2 rings (SSSR count). The molecule has 156 valence electrons. The van der Waals surface area contributed by atoms with E-state index in [0.717, 1.165) is 0 Å². The van der Waals surface area contributed by atoms with Crippen molar-refractivity contribution in [1.82, 2.24) is 10.3 Å². The molecule has 0 aliphatic carbocycles. The zero-order valence-electron chi connectivity index (χ0n) is 16.0. The van der Waals surface area contributed by atoms with Gasteiger partial charge in [-0.15, -0.1) is 0 Å². The number of hydrogen-bond donors (Lipinski definition) is 2. The summed E-state index contributed by atoms with van der Waals surface area (Å²) in [4.78, 5) is 31.6. The summed E-state index contributed by atoms with van der Waals surface area (Å²) in [6.45, 7) is 6.87. The monoisotopic (exact) mass is 423 g/mol. The third-order valence-electron chi connectivity index (χ3n) is 4.27. The van der Waals surface area contributed by atoms with Crippen LogP contribution in [0.5, 0.6) is 0 Å². The van der Waals surface area contributed by atoms with Crippen LogP contribution < -0.4 is 16.2 Å². The van der Waals surface area contributed by atoms with Gasteiger partial charge < -0.3 is 9.64 Å². The van der Waals surface area contributed by atoms with Gasteiger partial charge in [-0.2, -0.15) is 0 Å². The van der Waals surface area contributed by atoms with Gasteiger partial charge in [-0.25, -0.2) is 15.0 Å². The highest BCUT2D eigenvalue weighted by molar-refractivity contribution is 6.31. The summed E-state index contributed by atoms with van der Waals surface area (Å²) < 4.78 is 18.9. The van der Waals surface area contributed by atoms with Gasteiger partial charge in [0.05, 0.1) is 30.5 Å². The lowest BCUT2D eigenvalue weighted by molar-refractivity contribution is -0.117. The van der Waals surface area contributed by atoms with Gasteiger partial charge in [0, 0.05) is 24.4 Å². The number of allylic oxidation sites excluding steroid dienone is 2. The van der Waals surface area contributed by atoms with Gasteiger partial charge in [0.25, 0.3) is 5.91 Å². The smallest absolute Gasteiger partial charge is 0.325 e. The predicted octanol–water partition coefficient (Wildman–Crippen LogP) is 2.26. The number of nitrogens with two attached hydrogens (primary N) is 1. The molecule has 0 unspecified atom stereocenters. The molecule has 1 aromatic carbocycles. The molecule has 1 fully saturated rings. The topological polar surface area (TPSA) is 100 Å². The van der Waals surface area contributed by atoms with Crippen LogP contribution in [0, 0.1) is 5.82 Å². The van der Waals surface area contributed by atoms with E-state index in [0.29, 0.717) is 43.3 Å². The molecule has 3 N–H and O–H groups in total. The first-order chi connectivity index (χ1) is 13.9. The van der Waals surface area contributed by atoms with E-state index in [1.54, 1.807) is 17.9 Å². The van der Waals surface area contributed by atoms with Crippen LogP contribution in [-0.4, -0.2) is 56.4 Å². The maximum absolute atomic E-state index is 13.6. The van der Waals surface area contributed by atoms with Gasteiger partial charge in [0.1, 0.15) is 5.82 Å². The number of aliphatic imine (C=N–C) groups is 1. The molecule has 0 bridgehead atoms. The Morgan fingerprint density at radius 1 is 1.41 bits per heavy atom. The van der Waals surface area contributed by atoms with Crippen molar-refractivity contribution < 1.29 is 18.7 Å². The summed E-state index contributed by atoms with van der Waals surface area (Å²) in [6.07, 6.45) is 3.07. The molecule has 1 aromatic rings. The molecule has 0 saturated carbocycles. The molecule has 29 heavy (non-hydrogen) atoms. The SMILES string of the molecule is C=N/C(=C\C=C(/C)C(=O)NN)CN(C(=O)N1CCOCC1)c1ccc(F)c(Cl)c1. The number of carbonyl (C=O) groups is 2. The summed E-state index contributed by atoms with van der Waals surface area (Å²) >= 11 is 5.91. The molecule has 1 heterocycles. The van der Waals surface area contributed by atoms with Crippen LogP contribution in [0.25, 0.3) is 0 Å². The van der Waals surface area contributed by atoms with Crippen LogP contribution in [-0.2, 0) is 9.53 Å². The molecule has 1 saturated heterocycles. The van der Waals surface area contributed by atoms with Crippen molar-refractivity contribution in [3.63, 3.8) is 0 Å². The quantitative estimate of drug-likeness (QED) is 0.183. The lowest BCUT2D eigenvalue weighted by Crippen LogP contribution is -2.48. The second-order valence-electron chi connectivity index (χ2n) is 6.21. The Morgan fingerprint density at radius 2 is 2.10 bits per heavy atom. The highest BCUT2D eigenvalue weighted by atomic mass is 35.5. The number of halogens is 2. The first-order valence-corrected chi connectivity index (χ1v) is 9.19. The summed E-state index contributed by atoms with van der Waals surface area (Å²) in [5.41, 5.74) is 3.20. The number of rotatable bonds is 6. The third kappa shape index (κ3) is 6.11.